The van der Waals surface area contributed by atoms with Gasteiger partial charge in [-0.15, -0.1) is 0 Å². The van der Waals surface area contributed by atoms with E-state index in [1.165, 1.54) is 28.3 Å². The predicted octanol–water partition coefficient (Wildman–Crippen LogP) is 3.38. The Bertz CT molecular complexity index is 706. The number of amides is 1. The highest BCUT2D eigenvalue weighted by Crippen LogP contribution is 2.41. The Balaban J connectivity index is 2.10. The minimum atomic E-state index is -0.152. The van der Waals surface area contributed by atoms with Crippen molar-refractivity contribution < 1.29 is 9.53 Å². The maximum absolute atomic E-state index is 12.1. The van der Waals surface area contributed by atoms with Gasteiger partial charge in [0.25, 0.3) is 5.91 Å². The van der Waals surface area contributed by atoms with E-state index in [4.69, 9.17) is 4.74 Å². The van der Waals surface area contributed by atoms with E-state index in [0.29, 0.717) is 0 Å². The molecule has 0 saturated heterocycles. The fourth-order valence-corrected chi connectivity index (χ4v) is 2.88. The van der Waals surface area contributed by atoms with Crippen LogP contribution in [0.25, 0.3) is 11.1 Å². The number of carbonyl (C=O) groups excluding carboxylic acids is 1. The molecule has 1 aliphatic carbocycles. The van der Waals surface area contributed by atoms with Crippen LogP contribution in [0.4, 0.5) is 5.69 Å². The molecule has 3 nitrogen and oxygen atoms in total. The smallest absolute Gasteiger partial charge is 0.252 e. The Hall–Kier alpha value is -2.39. The van der Waals surface area contributed by atoms with E-state index in [1.54, 1.807) is 12.0 Å². The molecule has 1 amide bonds. The fourth-order valence-electron chi connectivity index (χ4n) is 2.88. The third kappa shape index (κ3) is 2.26. The second kappa shape index (κ2) is 5.54. The average molecular weight is 279 g/mol. The summed E-state index contributed by atoms with van der Waals surface area (Å²) in [4.78, 5) is 13.7. The van der Waals surface area contributed by atoms with E-state index in [0.717, 1.165) is 12.1 Å². The lowest BCUT2D eigenvalue weighted by Gasteiger charge is -2.23. The maximum atomic E-state index is 12.1. The third-order valence-corrected chi connectivity index (χ3v) is 3.82. The number of methoxy groups -OCH3 is 1. The third-order valence-electron chi connectivity index (χ3n) is 3.82. The fraction of sp³-hybridized carbons (Fsp3) is 0.167. The summed E-state index contributed by atoms with van der Waals surface area (Å²) in [5, 5.41) is 0. The van der Waals surface area contributed by atoms with Gasteiger partial charge in [0.15, 0.2) is 0 Å². The Kier molecular flexibility index (Phi) is 3.59. The standard InChI is InChI=1S/C18H17NO2/c1-3-18(20)19(12-21-2)17-10-6-9-15-14-8-5-4-7-13(14)11-16(15)17/h3-10H,1,11-12H2,2H3. The summed E-state index contributed by atoms with van der Waals surface area (Å²) < 4.78 is 5.18. The lowest BCUT2D eigenvalue weighted by molar-refractivity contribution is -0.115. The molecule has 106 valence electrons. The first-order valence-electron chi connectivity index (χ1n) is 6.89. The van der Waals surface area contributed by atoms with Crippen LogP contribution in [0.3, 0.4) is 0 Å². The normalized spacial score (nSPS) is 11.7. The summed E-state index contributed by atoms with van der Waals surface area (Å²) in [5.74, 6) is -0.152. The van der Waals surface area contributed by atoms with Crippen molar-refractivity contribution in [3.63, 3.8) is 0 Å². The van der Waals surface area contributed by atoms with Crippen LogP contribution in [-0.2, 0) is 16.0 Å². The van der Waals surface area contributed by atoms with Crippen molar-refractivity contribution in [2.75, 3.05) is 18.7 Å². The average Bonchev–Trinajstić information content (AvgIpc) is 2.91. The lowest BCUT2D eigenvalue weighted by atomic mass is 10.0. The van der Waals surface area contributed by atoms with E-state index in [1.807, 2.05) is 24.3 Å². The quantitative estimate of drug-likeness (QED) is 0.541. The van der Waals surface area contributed by atoms with Crippen LogP contribution >= 0.6 is 0 Å². The zero-order valence-corrected chi connectivity index (χ0v) is 12.0. The van der Waals surface area contributed by atoms with Gasteiger partial charge in [-0.05, 0) is 34.4 Å². The molecule has 0 saturated carbocycles. The predicted molar refractivity (Wildman–Crippen MR) is 84.2 cm³/mol. The molecule has 0 radical (unpaired) electrons. The largest absolute Gasteiger partial charge is 0.364 e. The molecule has 0 N–H and O–H groups in total. The number of benzene rings is 2. The number of rotatable bonds is 4. The highest BCUT2D eigenvalue weighted by Gasteiger charge is 2.24. The molecule has 0 unspecified atom stereocenters. The molecule has 0 fully saturated rings. The van der Waals surface area contributed by atoms with Gasteiger partial charge in [-0.3, -0.25) is 9.69 Å². The molecular formula is C18H17NO2. The van der Waals surface area contributed by atoms with Crippen LogP contribution in [0.5, 0.6) is 0 Å². The molecule has 0 aromatic heterocycles. The summed E-state index contributed by atoms with van der Waals surface area (Å²) >= 11 is 0. The SMILES string of the molecule is C=CC(=O)N(COC)c1cccc2c1Cc1ccccc1-2. The van der Waals surface area contributed by atoms with Crippen molar-refractivity contribution in [1.82, 2.24) is 0 Å². The highest BCUT2D eigenvalue weighted by atomic mass is 16.5. The van der Waals surface area contributed by atoms with Gasteiger partial charge >= 0.3 is 0 Å². The van der Waals surface area contributed by atoms with E-state index in [9.17, 15) is 4.79 Å². The van der Waals surface area contributed by atoms with Gasteiger partial charge in [0.05, 0.1) is 5.69 Å². The van der Waals surface area contributed by atoms with Gasteiger partial charge in [0.2, 0.25) is 0 Å². The van der Waals surface area contributed by atoms with Crippen LogP contribution in [0, 0.1) is 0 Å². The Morgan fingerprint density at radius 2 is 2.00 bits per heavy atom. The molecule has 2 aromatic rings. The van der Waals surface area contributed by atoms with Crippen LogP contribution in [0.15, 0.2) is 55.1 Å². The Morgan fingerprint density at radius 1 is 1.24 bits per heavy atom. The summed E-state index contributed by atoms with van der Waals surface area (Å²) in [6.45, 7) is 3.80. The lowest BCUT2D eigenvalue weighted by Crippen LogP contribution is -2.31. The van der Waals surface area contributed by atoms with Crippen molar-refractivity contribution in [2.24, 2.45) is 0 Å². The van der Waals surface area contributed by atoms with Crippen molar-refractivity contribution in [1.29, 1.82) is 0 Å². The van der Waals surface area contributed by atoms with E-state index >= 15 is 0 Å². The number of ether oxygens (including phenoxy) is 1. The Labute approximate surface area is 124 Å². The summed E-state index contributed by atoms with van der Waals surface area (Å²) in [7, 11) is 1.58. The summed E-state index contributed by atoms with van der Waals surface area (Å²) in [6.07, 6.45) is 2.16. The van der Waals surface area contributed by atoms with Crippen molar-refractivity contribution in [2.45, 2.75) is 6.42 Å². The molecule has 0 aliphatic heterocycles. The van der Waals surface area contributed by atoms with Gasteiger partial charge in [-0.2, -0.15) is 0 Å². The number of fused-ring (bicyclic) bond motifs is 3. The molecule has 1 aliphatic rings. The number of carbonyl (C=O) groups is 1. The van der Waals surface area contributed by atoms with Crippen molar-refractivity contribution >= 4 is 11.6 Å². The van der Waals surface area contributed by atoms with Crippen LogP contribution in [0.2, 0.25) is 0 Å². The second-order valence-electron chi connectivity index (χ2n) is 5.03. The maximum Gasteiger partial charge on any atom is 0.252 e. The van der Waals surface area contributed by atoms with E-state index < -0.39 is 0 Å². The van der Waals surface area contributed by atoms with Gasteiger partial charge in [-0.1, -0.05) is 43.0 Å². The molecule has 3 rings (SSSR count). The summed E-state index contributed by atoms with van der Waals surface area (Å²) in [5.41, 5.74) is 5.81. The van der Waals surface area contributed by atoms with E-state index in [2.05, 4.69) is 24.8 Å². The first-order valence-corrected chi connectivity index (χ1v) is 6.89. The highest BCUT2D eigenvalue weighted by molar-refractivity contribution is 6.02. The molecule has 2 aromatic carbocycles. The second-order valence-corrected chi connectivity index (χ2v) is 5.03. The van der Waals surface area contributed by atoms with Gasteiger partial charge in [0, 0.05) is 13.5 Å². The van der Waals surface area contributed by atoms with Gasteiger partial charge in [-0.25, -0.2) is 0 Å². The van der Waals surface area contributed by atoms with Crippen LogP contribution in [0.1, 0.15) is 11.1 Å². The molecule has 0 atom stereocenters. The molecule has 0 spiro atoms. The number of anilines is 1. The topological polar surface area (TPSA) is 29.5 Å². The monoisotopic (exact) mass is 279 g/mol. The summed E-state index contributed by atoms with van der Waals surface area (Å²) in [6, 6.07) is 14.4. The molecule has 0 bridgehead atoms. The minimum absolute atomic E-state index is 0.152. The molecular weight excluding hydrogens is 262 g/mol. The Morgan fingerprint density at radius 3 is 2.76 bits per heavy atom. The molecule has 0 heterocycles. The number of nitrogens with zero attached hydrogens (tertiary/aromatic N) is 1. The van der Waals surface area contributed by atoms with Crippen molar-refractivity contribution in [3.05, 3.63) is 66.2 Å². The minimum Gasteiger partial charge on any atom is -0.364 e. The molecule has 21 heavy (non-hydrogen) atoms. The van der Waals surface area contributed by atoms with Crippen LogP contribution < -0.4 is 4.90 Å². The van der Waals surface area contributed by atoms with Crippen LogP contribution in [-0.4, -0.2) is 19.7 Å². The number of hydrogen-bond donors (Lipinski definition) is 0. The zero-order valence-electron chi connectivity index (χ0n) is 12.0. The first kappa shape index (κ1) is 13.6. The first-order chi connectivity index (χ1) is 10.3. The van der Waals surface area contributed by atoms with E-state index in [-0.39, 0.29) is 12.6 Å². The molecule has 3 heteroatoms. The van der Waals surface area contributed by atoms with Gasteiger partial charge in [0.1, 0.15) is 6.73 Å². The zero-order chi connectivity index (χ0) is 14.8. The van der Waals surface area contributed by atoms with Crippen molar-refractivity contribution in [3.8, 4) is 11.1 Å². The van der Waals surface area contributed by atoms with Gasteiger partial charge < -0.3 is 4.74 Å². The number of hydrogen-bond acceptors (Lipinski definition) is 2.